The van der Waals surface area contributed by atoms with Crippen LogP contribution in [0.15, 0.2) is 29.8 Å². The summed E-state index contributed by atoms with van der Waals surface area (Å²) in [7, 11) is 0. The smallest absolute Gasteiger partial charge is 0.427 e. The Labute approximate surface area is 192 Å². The molecular formula is C23H31N5O5. The molecule has 3 heterocycles. The van der Waals surface area contributed by atoms with Crippen LogP contribution in [0, 0.1) is 16.0 Å². The number of allylic oxidation sites excluding steroid dienone is 2. The van der Waals surface area contributed by atoms with E-state index in [1.807, 2.05) is 13.8 Å². The van der Waals surface area contributed by atoms with Crippen LogP contribution in [0.2, 0.25) is 0 Å². The summed E-state index contributed by atoms with van der Waals surface area (Å²) >= 11 is 0. The van der Waals surface area contributed by atoms with Crippen molar-refractivity contribution in [2.45, 2.75) is 59.2 Å². The zero-order chi connectivity index (χ0) is 23.9. The first-order valence-corrected chi connectivity index (χ1v) is 11.2. The Hall–Kier alpha value is -3.14. The minimum atomic E-state index is -0.697. The van der Waals surface area contributed by atoms with E-state index in [0.29, 0.717) is 31.1 Å². The molecule has 2 unspecified atom stereocenters. The van der Waals surface area contributed by atoms with E-state index in [1.165, 1.54) is 17.7 Å². The molecule has 2 aliphatic heterocycles. The minimum Gasteiger partial charge on any atom is -0.427 e. The van der Waals surface area contributed by atoms with Gasteiger partial charge in [-0.1, -0.05) is 11.6 Å². The molecular weight excluding hydrogens is 426 g/mol. The lowest BCUT2D eigenvalue weighted by atomic mass is 10.1. The van der Waals surface area contributed by atoms with E-state index in [2.05, 4.69) is 15.5 Å². The Balaban J connectivity index is 1.60. The van der Waals surface area contributed by atoms with Crippen LogP contribution in [0.1, 0.15) is 41.0 Å². The van der Waals surface area contributed by atoms with Gasteiger partial charge in [-0.15, -0.1) is 5.06 Å². The van der Waals surface area contributed by atoms with E-state index in [1.54, 1.807) is 31.9 Å². The zero-order valence-corrected chi connectivity index (χ0v) is 19.8. The highest BCUT2D eigenvalue weighted by atomic mass is 16.8. The first-order valence-electron chi connectivity index (χ1n) is 11.2. The fourth-order valence-corrected chi connectivity index (χ4v) is 4.51. The predicted molar refractivity (Wildman–Crippen MR) is 124 cm³/mol. The van der Waals surface area contributed by atoms with Crippen LogP contribution in [0.4, 0.5) is 16.4 Å². The van der Waals surface area contributed by atoms with Gasteiger partial charge in [0.1, 0.15) is 5.60 Å². The van der Waals surface area contributed by atoms with Gasteiger partial charge in [-0.3, -0.25) is 10.1 Å². The van der Waals surface area contributed by atoms with E-state index in [0.717, 1.165) is 24.4 Å². The first-order chi connectivity index (χ1) is 15.5. The number of hydrogen-bond acceptors (Lipinski definition) is 8. The summed E-state index contributed by atoms with van der Waals surface area (Å²) in [5, 5.41) is 12.9. The molecule has 0 spiro atoms. The normalized spacial score (nSPS) is 20.7. The van der Waals surface area contributed by atoms with Gasteiger partial charge in [-0.05, 0) is 53.0 Å². The van der Waals surface area contributed by atoms with Gasteiger partial charge in [-0.25, -0.2) is 9.78 Å². The molecule has 0 N–H and O–H groups in total. The molecule has 2 aliphatic rings. The summed E-state index contributed by atoms with van der Waals surface area (Å²) in [5.74, 6) is 1.12. The number of ether oxygens (including phenoxy) is 1. The second kappa shape index (κ2) is 8.66. The molecule has 2 fully saturated rings. The Kier molecular flexibility index (Phi) is 6.04. The van der Waals surface area contributed by atoms with E-state index >= 15 is 0 Å². The molecule has 1 aromatic carbocycles. The van der Waals surface area contributed by atoms with Gasteiger partial charge >= 0.3 is 6.16 Å². The second-order valence-electron chi connectivity index (χ2n) is 9.95. The molecule has 33 heavy (non-hydrogen) atoms. The lowest BCUT2D eigenvalue weighted by molar-refractivity contribution is -0.384. The summed E-state index contributed by atoms with van der Waals surface area (Å²) in [6, 6.07) is 4.94. The number of nitro benzene ring substituents is 1. The van der Waals surface area contributed by atoms with Crippen molar-refractivity contribution in [2.75, 3.05) is 24.5 Å². The number of hydroxylamine groups is 2. The number of carbonyl (C=O) groups excluding carboxylic acids is 1. The van der Waals surface area contributed by atoms with Crippen LogP contribution in [0.3, 0.4) is 0 Å². The van der Waals surface area contributed by atoms with Crippen LogP contribution in [-0.2, 0) is 16.1 Å². The number of rotatable bonds is 5. The highest BCUT2D eigenvalue weighted by Gasteiger charge is 2.44. The molecule has 1 aromatic heterocycles. The number of carbonyl (C=O) groups is 1. The minimum absolute atomic E-state index is 0.0259. The van der Waals surface area contributed by atoms with Crippen molar-refractivity contribution in [2.24, 2.45) is 5.92 Å². The summed E-state index contributed by atoms with van der Waals surface area (Å²) in [4.78, 5) is 35.5. The number of aromatic nitrogens is 2. The Morgan fingerprint density at radius 1 is 1.30 bits per heavy atom. The topological polar surface area (TPSA) is 103 Å². The lowest BCUT2D eigenvalue weighted by Gasteiger charge is -2.26. The fourth-order valence-electron chi connectivity index (χ4n) is 4.51. The number of hydrogen-bond donors (Lipinski definition) is 0. The average molecular weight is 458 g/mol. The van der Waals surface area contributed by atoms with Crippen LogP contribution >= 0.6 is 0 Å². The monoisotopic (exact) mass is 457 g/mol. The third kappa shape index (κ3) is 4.95. The van der Waals surface area contributed by atoms with Gasteiger partial charge in [-0.2, -0.15) is 0 Å². The quantitative estimate of drug-likeness (QED) is 0.284. The molecule has 0 radical (unpaired) electrons. The maximum Gasteiger partial charge on any atom is 0.528 e. The van der Waals surface area contributed by atoms with E-state index in [-0.39, 0.29) is 11.7 Å². The molecule has 0 amide bonds. The lowest BCUT2D eigenvalue weighted by Crippen LogP contribution is -2.38. The summed E-state index contributed by atoms with van der Waals surface area (Å²) in [6.45, 7) is 12.1. The predicted octanol–water partition coefficient (Wildman–Crippen LogP) is 4.29. The number of benzene rings is 1. The van der Waals surface area contributed by atoms with Gasteiger partial charge in [0.15, 0.2) is 0 Å². The van der Waals surface area contributed by atoms with Crippen molar-refractivity contribution in [3.63, 3.8) is 0 Å². The van der Waals surface area contributed by atoms with E-state index in [4.69, 9.17) is 14.6 Å². The van der Waals surface area contributed by atoms with E-state index < -0.39 is 16.7 Å². The van der Waals surface area contributed by atoms with Crippen molar-refractivity contribution in [1.29, 1.82) is 0 Å². The molecule has 4 rings (SSSR count). The van der Waals surface area contributed by atoms with Crippen LogP contribution < -0.4 is 4.90 Å². The molecule has 0 aliphatic carbocycles. The van der Waals surface area contributed by atoms with Gasteiger partial charge in [0.2, 0.25) is 5.95 Å². The molecule has 2 atom stereocenters. The van der Waals surface area contributed by atoms with Gasteiger partial charge in [0, 0.05) is 31.8 Å². The molecule has 0 bridgehead atoms. The standard InChI is InChI=1S/C23H31N5O5/c1-15(2)8-10-26-19-7-6-17(28(30)31)12-18(19)24-21(26)27-11-9-16-13-25(14-20(16)27)33-22(29)32-23(3,4)5/h6-8,12,16,20H,9-11,13-14H2,1-5H3. The summed E-state index contributed by atoms with van der Waals surface area (Å²) in [5.41, 5.74) is 2.05. The summed E-state index contributed by atoms with van der Waals surface area (Å²) < 4.78 is 7.39. The second-order valence-corrected chi connectivity index (χ2v) is 9.95. The highest BCUT2D eigenvalue weighted by molar-refractivity contribution is 5.81. The number of imidazole rings is 1. The molecule has 2 saturated heterocycles. The molecule has 2 aromatic rings. The van der Waals surface area contributed by atoms with E-state index in [9.17, 15) is 14.9 Å². The van der Waals surface area contributed by atoms with Crippen LogP contribution in [-0.4, -0.2) is 57.0 Å². The Morgan fingerprint density at radius 3 is 2.73 bits per heavy atom. The van der Waals surface area contributed by atoms with Crippen molar-refractivity contribution < 1.29 is 19.3 Å². The number of fused-ring (bicyclic) bond motifs is 2. The first kappa shape index (κ1) is 23.0. The Bertz CT molecular complexity index is 1100. The van der Waals surface area contributed by atoms with Gasteiger partial charge < -0.3 is 19.0 Å². The fraction of sp³-hybridized carbons (Fsp3) is 0.565. The third-order valence-electron chi connectivity index (χ3n) is 5.97. The third-order valence-corrected chi connectivity index (χ3v) is 5.97. The van der Waals surface area contributed by atoms with Gasteiger partial charge in [0.25, 0.3) is 5.69 Å². The SMILES string of the molecule is CC(C)=CCn1c(N2CCC3CN(OC(=O)OC(C)(C)C)CC32)nc2cc([N+](=O)[O-])ccc21. The van der Waals surface area contributed by atoms with Crippen molar-refractivity contribution in [3.05, 3.63) is 40.0 Å². The molecule has 10 nitrogen and oxygen atoms in total. The van der Waals surface area contributed by atoms with Crippen molar-refractivity contribution in [3.8, 4) is 0 Å². The average Bonchev–Trinajstić information content (AvgIpc) is 3.35. The number of nitrogens with zero attached hydrogens (tertiary/aromatic N) is 5. The van der Waals surface area contributed by atoms with Crippen LogP contribution in [0.5, 0.6) is 0 Å². The summed E-state index contributed by atoms with van der Waals surface area (Å²) in [6.07, 6.45) is 2.37. The highest BCUT2D eigenvalue weighted by Crippen LogP contribution is 2.37. The zero-order valence-electron chi connectivity index (χ0n) is 19.8. The van der Waals surface area contributed by atoms with Crippen LogP contribution in [0.25, 0.3) is 11.0 Å². The van der Waals surface area contributed by atoms with Crippen molar-refractivity contribution >= 4 is 28.8 Å². The van der Waals surface area contributed by atoms with Crippen molar-refractivity contribution in [1.82, 2.24) is 14.6 Å². The Morgan fingerprint density at radius 2 is 2.06 bits per heavy atom. The number of non-ortho nitro benzene ring substituents is 1. The van der Waals surface area contributed by atoms with Gasteiger partial charge in [0.05, 0.1) is 28.5 Å². The number of anilines is 1. The largest absolute Gasteiger partial charge is 0.528 e. The molecule has 10 heteroatoms. The number of nitro groups is 1. The molecule has 0 saturated carbocycles. The maximum atomic E-state index is 12.1. The maximum absolute atomic E-state index is 12.1. The molecule has 178 valence electrons.